The average Bonchev–Trinajstić information content (AvgIpc) is 3.33. The summed E-state index contributed by atoms with van der Waals surface area (Å²) in [6.45, 7) is 11.0. The first kappa shape index (κ1) is 26.3. The number of ether oxygens (including phenoxy) is 1. The molecule has 2 aliphatic rings. The summed E-state index contributed by atoms with van der Waals surface area (Å²) in [5, 5.41) is 4.66. The highest BCUT2D eigenvalue weighted by Gasteiger charge is 2.63. The first-order valence-corrected chi connectivity index (χ1v) is 13.8. The summed E-state index contributed by atoms with van der Waals surface area (Å²) >= 11 is 0. The molecule has 1 aromatic carbocycles. The third kappa shape index (κ3) is 4.58. The molecule has 1 aliphatic carbocycles. The molecule has 3 aromatic rings. The van der Waals surface area contributed by atoms with Crippen LogP contribution in [-0.4, -0.2) is 50.6 Å². The number of hydrogen-bond donors (Lipinski definition) is 0. The van der Waals surface area contributed by atoms with E-state index in [9.17, 15) is 9.59 Å². The molecule has 1 aliphatic heterocycles. The number of likely N-dealkylation sites (tertiary alicyclic amines) is 1. The lowest BCUT2D eigenvalue weighted by molar-refractivity contribution is -0.145. The number of aryl methyl sites for hydroxylation is 1. The molecule has 3 heterocycles. The molecule has 1 amide bonds. The van der Waals surface area contributed by atoms with Crippen LogP contribution < -0.4 is 0 Å². The van der Waals surface area contributed by atoms with Crippen LogP contribution in [0.3, 0.4) is 0 Å². The minimum absolute atomic E-state index is 0.0573. The van der Waals surface area contributed by atoms with E-state index < -0.39 is 5.82 Å². The van der Waals surface area contributed by atoms with Gasteiger partial charge in [-0.1, -0.05) is 39.7 Å². The van der Waals surface area contributed by atoms with Crippen molar-refractivity contribution in [2.45, 2.75) is 78.7 Å². The normalized spacial score (nSPS) is 22.8. The van der Waals surface area contributed by atoms with E-state index in [2.05, 4.69) is 17.0 Å². The maximum atomic E-state index is 15.4. The van der Waals surface area contributed by atoms with Crippen LogP contribution in [0.25, 0.3) is 16.9 Å². The molecule has 8 heteroatoms. The van der Waals surface area contributed by atoms with Gasteiger partial charge in [0.25, 0.3) is 5.91 Å². The summed E-state index contributed by atoms with van der Waals surface area (Å²) in [7, 11) is 0. The number of rotatable bonds is 6. The molecule has 7 nitrogen and oxygen atoms in total. The Bertz CT molecular complexity index is 1380. The standard InChI is InChI=1S/C30H37FN4O3/c1-6-20-16-24(28(36)34-14-10-8-9-11-18(34)3)32-25-17-23(33-35(20)25)21-13-12-19(15-22(21)31)26-27(30(26,4)5)29(37)38-7-2/h12-13,15-18,26-27H,6-11,14H2,1-5H3/t18-,26?,27+/m1/s1. The van der Waals surface area contributed by atoms with Crippen molar-refractivity contribution in [2.24, 2.45) is 11.3 Å². The highest BCUT2D eigenvalue weighted by molar-refractivity contribution is 5.93. The van der Waals surface area contributed by atoms with Crippen molar-refractivity contribution in [1.82, 2.24) is 19.5 Å². The van der Waals surface area contributed by atoms with E-state index in [0.29, 0.717) is 35.6 Å². The topological polar surface area (TPSA) is 76.8 Å². The summed E-state index contributed by atoms with van der Waals surface area (Å²) in [5.41, 5.74) is 3.11. The van der Waals surface area contributed by atoms with Crippen molar-refractivity contribution in [3.05, 3.63) is 53.1 Å². The Morgan fingerprint density at radius 1 is 1.13 bits per heavy atom. The van der Waals surface area contributed by atoms with Gasteiger partial charge < -0.3 is 9.64 Å². The zero-order valence-corrected chi connectivity index (χ0v) is 23.0. The number of amides is 1. The number of nitrogens with zero attached hydrogens (tertiary/aromatic N) is 4. The Balaban J connectivity index is 1.45. The van der Waals surface area contributed by atoms with E-state index in [0.717, 1.165) is 43.5 Å². The lowest BCUT2D eigenvalue weighted by Crippen LogP contribution is -2.38. The fraction of sp³-hybridized carbons (Fsp3) is 0.533. The third-order valence-electron chi connectivity index (χ3n) is 8.39. The number of aromatic nitrogens is 3. The Labute approximate surface area is 223 Å². The van der Waals surface area contributed by atoms with Crippen LogP contribution in [0.4, 0.5) is 4.39 Å². The van der Waals surface area contributed by atoms with Crippen LogP contribution >= 0.6 is 0 Å². The number of benzene rings is 1. The zero-order chi connectivity index (χ0) is 27.2. The van der Waals surface area contributed by atoms with Crippen LogP contribution in [0, 0.1) is 17.2 Å². The number of fused-ring (bicyclic) bond motifs is 1. The van der Waals surface area contributed by atoms with Crippen molar-refractivity contribution >= 4 is 17.5 Å². The van der Waals surface area contributed by atoms with Crippen molar-refractivity contribution in [2.75, 3.05) is 13.2 Å². The van der Waals surface area contributed by atoms with Gasteiger partial charge in [-0.05, 0) is 62.3 Å². The predicted molar refractivity (Wildman–Crippen MR) is 143 cm³/mol. The third-order valence-corrected chi connectivity index (χ3v) is 8.39. The van der Waals surface area contributed by atoms with Gasteiger partial charge in [0.1, 0.15) is 11.5 Å². The van der Waals surface area contributed by atoms with Crippen molar-refractivity contribution < 1.29 is 18.7 Å². The van der Waals surface area contributed by atoms with E-state index >= 15 is 4.39 Å². The Kier molecular flexibility index (Phi) is 7.01. The summed E-state index contributed by atoms with van der Waals surface area (Å²) in [6, 6.07) is 8.84. The lowest BCUT2D eigenvalue weighted by Gasteiger charge is -2.27. The molecular formula is C30H37FN4O3. The first-order chi connectivity index (χ1) is 18.2. The minimum Gasteiger partial charge on any atom is -0.466 e. The fourth-order valence-electron chi connectivity index (χ4n) is 6.12. The fourth-order valence-corrected chi connectivity index (χ4v) is 6.12. The average molecular weight is 521 g/mol. The van der Waals surface area contributed by atoms with Gasteiger partial charge in [-0.2, -0.15) is 5.10 Å². The molecule has 0 bridgehead atoms. The van der Waals surface area contributed by atoms with Gasteiger partial charge in [0.2, 0.25) is 0 Å². The van der Waals surface area contributed by atoms with Crippen molar-refractivity contribution in [3.8, 4) is 11.3 Å². The Morgan fingerprint density at radius 3 is 2.63 bits per heavy atom. The zero-order valence-electron chi connectivity index (χ0n) is 23.0. The van der Waals surface area contributed by atoms with Crippen molar-refractivity contribution in [1.29, 1.82) is 0 Å². The maximum Gasteiger partial charge on any atom is 0.310 e. The molecule has 5 rings (SSSR count). The predicted octanol–water partition coefficient (Wildman–Crippen LogP) is 5.81. The van der Waals surface area contributed by atoms with Crippen molar-refractivity contribution in [3.63, 3.8) is 0 Å². The second kappa shape index (κ2) is 10.1. The quantitative estimate of drug-likeness (QED) is 0.384. The molecule has 202 valence electrons. The molecule has 0 spiro atoms. The molecule has 2 aromatic heterocycles. The van der Waals surface area contributed by atoms with Gasteiger partial charge in [0, 0.05) is 35.8 Å². The Morgan fingerprint density at radius 2 is 1.92 bits per heavy atom. The molecule has 1 unspecified atom stereocenters. The molecule has 3 atom stereocenters. The smallest absolute Gasteiger partial charge is 0.310 e. The molecular weight excluding hydrogens is 483 g/mol. The number of hydrogen-bond acceptors (Lipinski definition) is 5. The van der Waals surface area contributed by atoms with Crippen LogP contribution in [0.2, 0.25) is 0 Å². The van der Waals surface area contributed by atoms with Gasteiger partial charge in [-0.15, -0.1) is 0 Å². The van der Waals surface area contributed by atoms with Gasteiger partial charge in [-0.25, -0.2) is 13.9 Å². The molecule has 1 saturated carbocycles. The van der Waals surface area contributed by atoms with E-state index in [1.54, 1.807) is 23.6 Å². The molecule has 2 fully saturated rings. The summed E-state index contributed by atoms with van der Waals surface area (Å²) in [4.78, 5) is 32.4. The van der Waals surface area contributed by atoms with Crippen LogP contribution in [-0.2, 0) is 16.0 Å². The molecule has 38 heavy (non-hydrogen) atoms. The summed E-state index contributed by atoms with van der Waals surface area (Å²) < 4.78 is 22.4. The van der Waals surface area contributed by atoms with E-state index in [-0.39, 0.29) is 35.2 Å². The van der Waals surface area contributed by atoms with Crippen LogP contribution in [0.1, 0.15) is 88.0 Å². The second-order valence-corrected chi connectivity index (χ2v) is 11.3. The minimum atomic E-state index is -0.399. The largest absolute Gasteiger partial charge is 0.466 e. The number of esters is 1. The maximum absolute atomic E-state index is 15.4. The van der Waals surface area contributed by atoms with Gasteiger partial charge in [0.05, 0.1) is 18.2 Å². The summed E-state index contributed by atoms with van der Waals surface area (Å²) in [5.74, 6) is -1.05. The van der Waals surface area contributed by atoms with Gasteiger partial charge in [-0.3, -0.25) is 9.59 Å². The van der Waals surface area contributed by atoms with Gasteiger partial charge >= 0.3 is 5.97 Å². The molecule has 0 radical (unpaired) electrons. The number of halogens is 1. The highest BCUT2D eigenvalue weighted by Crippen LogP contribution is 2.65. The molecule has 1 saturated heterocycles. The van der Waals surface area contributed by atoms with E-state index in [1.165, 1.54) is 6.07 Å². The Hall–Kier alpha value is -3.29. The van der Waals surface area contributed by atoms with E-state index in [1.807, 2.05) is 37.8 Å². The van der Waals surface area contributed by atoms with E-state index in [4.69, 9.17) is 4.74 Å². The summed E-state index contributed by atoms with van der Waals surface area (Å²) in [6.07, 6.45) is 4.93. The number of carbonyl (C=O) groups excluding carboxylic acids is 2. The highest BCUT2D eigenvalue weighted by atomic mass is 19.1. The van der Waals surface area contributed by atoms with Gasteiger partial charge in [0.15, 0.2) is 5.65 Å². The second-order valence-electron chi connectivity index (χ2n) is 11.3. The lowest BCUT2D eigenvalue weighted by atomic mass is 10.0. The number of carbonyl (C=O) groups is 2. The molecule has 0 N–H and O–H groups in total. The SMILES string of the molecule is CCOC(=O)[C@@H]1C(c2ccc(-c3cc4nc(C(=O)N5CCCCC[C@H]5C)cc(CC)n4n3)c(F)c2)C1(C)C. The van der Waals surface area contributed by atoms with Crippen LogP contribution in [0.5, 0.6) is 0 Å². The monoisotopic (exact) mass is 520 g/mol. The first-order valence-electron chi connectivity index (χ1n) is 13.8. The van der Waals surface area contributed by atoms with Crippen LogP contribution in [0.15, 0.2) is 30.3 Å².